The van der Waals surface area contributed by atoms with Gasteiger partial charge in [-0.1, -0.05) is 12.1 Å². The molecule has 0 radical (unpaired) electrons. The zero-order valence-electron chi connectivity index (χ0n) is 12.8. The van der Waals surface area contributed by atoms with Gasteiger partial charge in [-0.25, -0.2) is 0 Å². The van der Waals surface area contributed by atoms with Crippen LogP contribution in [0.4, 0.5) is 0 Å². The van der Waals surface area contributed by atoms with E-state index in [-0.39, 0.29) is 18.1 Å². The molecule has 1 rings (SSSR count). The van der Waals surface area contributed by atoms with Crippen LogP contribution in [0.3, 0.4) is 0 Å². The predicted octanol–water partition coefficient (Wildman–Crippen LogP) is 2.56. The third-order valence-corrected chi connectivity index (χ3v) is 2.54. The zero-order valence-corrected chi connectivity index (χ0v) is 12.8. The van der Waals surface area contributed by atoms with Crippen molar-refractivity contribution in [3.8, 4) is 5.75 Å². The Morgan fingerprint density at radius 1 is 1.10 bits per heavy atom. The van der Waals surface area contributed by atoms with Crippen molar-refractivity contribution in [2.45, 2.75) is 46.3 Å². The smallest absolute Gasteiger partial charge is 0.224 e. The van der Waals surface area contributed by atoms with Crippen molar-refractivity contribution < 1.29 is 14.3 Å². The van der Waals surface area contributed by atoms with E-state index in [1.807, 2.05) is 52.0 Å². The lowest BCUT2D eigenvalue weighted by Gasteiger charge is -2.10. The Hall–Kier alpha value is -1.55. The first kappa shape index (κ1) is 16.5. The largest absolute Gasteiger partial charge is 0.491 e. The highest BCUT2D eigenvalue weighted by atomic mass is 16.5. The first-order valence-corrected chi connectivity index (χ1v) is 7.10. The van der Waals surface area contributed by atoms with Gasteiger partial charge in [0.05, 0.1) is 19.1 Å². The Morgan fingerprint density at radius 2 is 1.75 bits per heavy atom. The van der Waals surface area contributed by atoms with E-state index in [1.165, 1.54) is 0 Å². The summed E-state index contributed by atoms with van der Waals surface area (Å²) in [6.07, 6.45) is 0.620. The van der Waals surface area contributed by atoms with E-state index in [0.29, 0.717) is 19.6 Å². The minimum Gasteiger partial charge on any atom is -0.491 e. The van der Waals surface area contributed by atoms with Crippen molar-refractivity contribution in [1.29, 1.82) is 0 Å². The highest BCUT2D eigenvalue weighted by molar-refractivity contribution is 5.78. The molecule has 0 aliphatic heterocycles. The summed E-state index contributed by atoms with van der Waals surface area (Å²) >= 11 is 0. The molecule has 0 saturated carbocycles. The molecular formula is C16H25NO3. The average molecular weight is 279 g/mol. The average Bonchev–Trinajstić information content (AvgIpc) is 2.35. The van der Waals surface area contributed by atoms with Crippen LogP contribution in [-0.4, -0.2) is 31.3 Å². The van der Waals surface area contributed by atoms with Crippen LogP contribution in [0.25, 0.3) is 0 Å². The maximum atomic E-state index is 11.6. The summed E-state index contributed by atoms with van der Waals surface area (Å²) < 4.78 is 11.0. The van der Waals surface area contributed by atoms with E-state index in [1.54, 1.807) is 0 Å². The van der Waals surface area contributed by atoms with Gasteiger partial charge < -0.3 is 14.8 Å². The molecule has 1 aromatic rings. The van der Waals surface area contributed by atoms with Gasteiger partial charge in [-0.05, 0) is 45.4 Å². The third kappa shape index (κ3) is 7.14. The molecule has 0 spiro atoms. The molecule has 0 heterocycles. The van der Waals surface area contributed by atoms with Crippen molar-refractivity contribution in [2.24, 2.45) is 0 Å². The number of carbonyl (C=O) groups is 1. The van der Waals surface area contributed by atoms with Gasteiger partial charge in [0.1, 0.15) is 12.4 Å². The molecule has 0 unspecified atom stereocenters. The van der Waals surface area contributed by atoms with Gasteiger partial charge in [0, 0.05) is 6.04 Å². The lowest BCUT2D eigenvalue weighted by Crippen LogP contribution is -2.31. The van der Waals surface area contributed by atoms with Crippen LogP contribution in [0.5, 0.6) is 5.75 Å². The molecular weight excluding hydrogens is 254 g/mol. The number of hydrogen-bond donors (Lipinski definition) is 1. The van der Waals surface area contributed by atoms with E-state index in [9.17, 15) is 4.79 Å². The predicted molar refractivity (Wildman–Crippen MR) is 80.0 cm³/mol. The van der Waals surface area contributed by atoms with Gasteiger partial charge in [0.15, 0.2) is 0 Å². The van der Waals surface area contributed by atoms with Crippen molar-refractivity contribution in [3.05, 3.63) is 29.8 Å². The van der Waals surface area contributed by atoms with Gasteiger partial charge >= 0.3 is 0 Å². The maximum Gasteiger partial charge on any atom is 0.224 e. The fourth-order valence-corrected chi connectivity index (χ4v) is 1.71. The van der Waals surface area contributed by atoms with Gasteiger partial charge in [-0.2, -0.15) is 0 Å². The van der Waals surface area contributed by atoms with Crippen LogP contribution in [0.2, 0.25) is 0 Å². The fourth-order valence-electron chi connectivity index (χ4n) is 1.71. The number of rotatable bonds is 8. The second kappa shape index (κ2) is 8.59. The van der Waals surface area contributed by atoms with Gasteiger partial charge in [-0.3, -0.25) is 4.79 Å². The number of hydrogen-bond acceptors (Lipinski definition) is 3. The molecule has 0 saturated heterocycles. The van der Waals surface area contributed by atoms with Crippen LogP contribution >= 0.6 is 0 Å². The Balaban J connectivity index is 2.34. The molecule has 4 heteroatoms. The van der Waals surface area contributed by atoms with E-state index < -0.39 is 0 Å². The summed E-state index contributed by atoms with van der Waals surface area (Å²) in [7, 11) is 0. The normalized spacial score (nSPS) is 10.9. The van der Waals surface area contributed by atoms with Crippen LogP contribution in [-0.2, 0) is 16.0 Å². The Bertz CT molecular complexity index is 399. The standard InChI is InChI=1S/C16H25NO3/c1-12(2)17-16(18)11-14-5-7-15(8-6-14)20-10-9-19-13(3)4/h5-8,12-13H,9-11H2,1-4H3,(H,17,18). The lowest BCUT2D eigenvalue weighted by molar-refractivity contribution is -0.120. The molecule has 0 bridgehead atoms. The summed E-state index contributed by atoms with van der Waals surface area (Å²) in [6.45, 7) is 9.01. The Morgan fingerprint density at radius 3 is 2.30 bits per heavy atom. The number of amides is 1. The van der Waals surface area contributed by atoms with Crippen molar-refractivity contribution in [1.82, 2.24) is 5.32 Å². The second-order valence-electron chi connectivity index (χ2n) is 5.31. The molecule has 0 aromatic heterocycles. The molecule has 0 aliphatic carbocycles. The Labute approximate surface area is 121 Å². The molecule has 0 fully saturated rings. The first-order valence-electron chi connectivity index (χ1n) is 7.10. The molecule has 1 N–H and O–H groups in total. The third-order valence-electron chi connectivity index (χ3n) is 2.54. The highest BCUT2D eigenvalue weighted by Gasteiger charge is 2.05. The minimum absolute atomic E-state index is 0.0407. The maximum absolute atomic E-state index is 11.6. The van der Waals surface area contributed by atoms with Gasteiger partial charge in [-0.15, -0.1) is 0 Å². The van der Waals surface area contributed by atoms with Crippen LogP contribution in [0.15, 0.2) is 24.3 Å². The summed E-state index contributed by atoms with van der Waals surface area (Å²) in [4.78, 5) is 11.6. The van der Waals surface area contributed by atoms with Crippen molar-refractivity contribution in [3.63, 3.8) is 0 Å². The van der Waals surface area contributed by atoms with E-state index in [4.69, 9.17) is 9.47 Å². The molecule has 1 amide bonds. The molecule has 0 atom stereocenters. The molecule has 20 heavy (non-hydrogen) atoms. The quantitative estimate of drug-likeness (QED) is 0.744. The SMILES string of the molecule is CC(C)NC(=O)Cc1ccc(OCCOC(C)C)cc1. The minimum atomic E-state index is 0.0407. The summed E-state index contributed by atoms with van der Waals surface area (Å²) in [5.41, 5.74) is 0.980. The molecule has 0 aliphatic rings. The van der Waals surface area contributed by atoms with Crippen LogP contribution < -0.4 is 10.1 Å². The number of nitrogens with one attached hydrogen (secondary N) is 1. The monoisotopic (exact) mass is 279 g/mol. The topological polar surface area (TPSA) is 47.6 Å². The second-order valence-corrected chi connectivity index (χ2v) is 5.31. The van der Waals surface area contributed by atoms with Gasteiger partial charge in [0.2, 0.25) is 5.91 Å². The zero-order chi connectivity index (χ0) is 15.0. The number of carbonyl (C=O) groups excluding carboxylic acids is 1. The molecule has 112 valence electrons. The lowest BCUT2D eigenvalue weighted by atomic mass is 10.1. The molecule has 4 nitrogen and oxygen atoms in total. The fraction of sp³-hybridized carbons (Fsp3) is 0.562. The molecule has 1 aromatic carbocycles. The van der Waals surface area contributed by atoms with Crippen LogP contribution in [0, 0.1) is 0 Å². The first-order chi connectivity index (χ1) is 9.47. The van der Waals surface area contributed by atoms with E-state index in [2.05, 4.69) is 5.32 Å². The number of ether oxygens (including phenoxy) is 2. The van der Waals surface area contributed by atoms with Crippen molar-refractivity contribution >= 4 is 5.91 Å². The summed E-state index contributed by atoms with van der Waals surface area (Å²) in [6, 6.07) is 7.77. The van der Waals surface area contributed by atoms with Crippen LogP contribution in [0.1, 0.15) is 33.3 Å². The van der Waals surface area contributed by atoms with Gasteiger partial charge in [0.25, 0.3) is 0 Å². The van der Waals surface area contributed by atoms with E-state index in [0.717, 1.165) is 11.3 Å². The summed E-state index contributed by atoms with van der Waals surface area (Å²) in [5, 5.41) is 2.87. The highest BCUT2D eigenvalue weighted by Crippen LogP contribution is 2.12. The number of benzene rings is 1. The summed E-state index contributed by atoms with van der Waals surface area (Å²) in [5.74, 6) is 0.837. The van der Waals surface area contributed by atoms with E-state index >= 15 is 0 Å². The van der Waals surface area contributed by atoms with Crippen molar-refractivity contribution in [2.75, 3.05) is 13.2 Å². The Kier molecular flexibility index (Phi) is 7.09.